The van der Waals surface area contributed by atoms with E-state index in [9.17, 15) is 9.59 Å². The first-order valence-electron chi connectivity index (χ1n) is 10.1. The number of nitrogens with zero attached hydrogens (tertiary/aromatic N) is 4. The number of rotatable bonds is 10. The van der Waals surface area contributed by atoms with Crippen molar-refractivity contribution in [1.82, 2.24) is 30.8 Å². The van der Waals surface area contributed by atoms with Gasteiger partial charge in [0.2, 0.25) is 11.7 Å². The largest absolute Gasteiger partial charge is 0.450 e. The highest BCUT2D eigenvalue weighted by Crippen LogP contribution is 2.18. The molecule has 0 saturated carbocycles. The quantitative estimate of drug-likeness (QED) is 0.591. The Labute approximate surface area is 181 Å². The van der Waals surface area contributed by atoms with Crippen molar-refractivity contribution < 1.29 is 14.3 Å². The minimum Gasteiger partial charge on any atom is -0.450 e. The van der Waals surface area contributed by atoms with Crippen LogP contribution in [0.3, 0.4) is 0 Å². The average molecular weight is 437 g/mol. The van der Waals surface area contributed by atoms with Crippen LogP contribution in [0.15, 0.2) is 24.3 Å². The lowest BCUT2D eigenvalue weighted by Crippen LogP contribution is -2.46. The zero-order chi connectivity index (χ0) is 22.1. The van der Waals surface area contributed by atoms with E-state index in [0.29, 0.717) is 36.2 Å². The van der Waals surface area contributed by atoms with Crippen LogP contribution in [0.4, 0.5) is 4.79 Å². The van der Waals surface area contributed by atoms with E-state index in [1.807, 2.05) is 20.8 Å². The number of tetrazole rings is 1. The summed E-state index contributed by atoms with van der Waals surface area (Å²) in [5.41, 5.74) is 0.761. The van der Waals surface area contributed by atoms with Crippen LogP contribution in [-0.2, 0) is 9.53 Å². The molecular formula is C20H29ClN6O3. The van der Waals surface area contributed by atoms with E-state index in [1.54, 1.807) is 31.2 Å². The smallest absolute Gasteiger partial charge is 0.407 e. The Hall–Kier alpha value is -2.68. The first-order chi connectivity index (χ1) is 14.3. The van der Waals surface area contributed by atoms with Crippen molar-refractivity contribution in [2.24, 2.45) is 5.92 Å². The molecule has 0 radical (unpaired) electrons. The molecular weight excluding hydrogens is 408 g/mol. The average Bonchev–Trinajstić information content (AvgIpc) is 3.16. The van der Waals surface area contributed by atoms with Crippen molar-refractivity contribution in [3.63, 3.8) is 0 Å². The third-order valence-corrected chi connectivity index (χ3v) is 4.63. The van der Waals surface area contributed by atoms with Crippen LogP contribution in [0.2, 0.25) is 5.02 Å². The van der Waals surface area contributed by atoms with Crippen LogP contribution in [0.5, 0.6) is 0 Å². The molecule has 2 atom stereocenters. The number of amides is 2. The molecule has 9 nitrogen and oxygen atoms in total. The van der Waals surface area contributed by atoms with Gasteiger partial charge in [0.25, 0.3) is 0 Å². The SMILES string of the molecule is CCOC(=O)NC(CNC(=O)C(CC)n1nnc(-c2ccc(Cl)cc2)n1)CC(C)C. The van der Waals surface area contributed by atoms with E-state index >= 15 is 0 Å². The van der Waals surface area contributed by atoms with E-state index in [2.05, 4.69) is 26.0 Å². The van der Waals surface area contributed by atoms with Gasteiger partial charge in [0.15, 0.2) is 6.04 Å². The summed E-state index contributed by atoms with van der Waals surface area (Å²) in [5.74, 6) is 0.520. The van der Waals surface area contributed by atoms with Crippen molar-refractivity contribution in [3.05, 3.63) is 29.3 Å². The zero-order valence-electron chi connectivity index (χ0n) is 17.8. The molecule has 30 heavy (non-hydrogen) atoms. The van der Waals surface area contributed by atoms with Crippen LogP contribution in [0.25, 0.3) is 11.4 Å². The third kappa shape index (κ3) is 6.98. The van der Waals surface area contributed by atoms with Gasteiger partial charge in [-0.2, -0.15) is 4.80 Å². The predicted octanol–water partition coefficient (Wildman–Crippen LogP) is 3.22. The molecule has 0 aliphatic heterocycles. The summed E-state index contributed by atoms with van der Waals surface area (Å²) in [6, 6.07) is 6.23. The molecule has 1 aromatic carbocycles. The minimum absolute atomic E-state index is 0.237. The number of carbonyl (C=O) groups excluding carboxylic acids is 2. The molecule has 0 spiro atoms. The fourth-order valence-electron chi connectivity index (χ4n) is 2.97. The molecule has 10 heteroatoms. The van der Waals surface area contributed by atoms with E-state index in [-0.39, 0.29) is 18.5 Å². The molecule has 0 aliphatic rings. The van der Waals surface area contributed by atoms with E-state index in [1.165, 1.54) is 4.80 Å². The van der Waals surface area contributed by atoms with Gasteiger partial charge < -0.3 is 15.4 Å². The highest BCUT2D eigenvalue weighted by molar-refractivity contribution is 6.30. The molecule has 1 heterocycles. The Morgan fingerprint density at radius 3 is 2.50 bits per heavy atom. The molecule has 0 saturated heterocycles. The number of ether oxygens (including phenoxy) is 1. The van der Waals surface area contributed by atoms with Gasteiger partial charge in [0.05, 0.1) is 6.61 Å². The van der Waals surface area contributed by atoms with Crippen molar-refractivity contribution >= 4 is 23.6 Å². The standard InChI is InChI=1S/C20H29ClN6O3/c1-5-17(27-25-18(24-26-27)14-7-9-15(21)10-8-14)19(28)22-12-16(11-13(3)4)23-20(29)30-6-2/h7-10,13,16-17H,5-6,11-12H2,1-4H3,(H,22,28)(H,23,29). The Morgan fingerprint density at radius 2 is 1.90 bits per heavy atom. The lowest BCUT2D eigenvalue weighted by Gasteiger charge is -2.22. The number of carbonyl (C=O) groups is 2. The molecule has 2 N–H and O–H groups in total. The van der Waals surface area contributed by atoms with Crippen LogP contribution in [-0.4, -0.2) is 51.4 Å². The molecule has 1 aromatic heterocycles. The first kappa shape index (κ1) is 23.6. The number of hydrogen-bond acceptors (Lipinski definition) is 6. The number of benzene rings is 1. The summed E-state index contributed by atoms with van der Waals surface area (Å²) < 4.78 is 4.95. The van der Waals surface area contributed by atoms with Crippen LogP contribution in [0, 0.1) is 5.92 Å². The van der Waals surface area contributed by atoms with Gasteiger partial charge in [-0.3, -0.25) is 4.79 Å². The van der Waals surface area contributed by atoms with Gasteiger partial charge in [-0.25, -0.2) is 4.79 Å². The van der Waals surface area contributed by atoms with E-state index < -0.39 is 12.1 Å². The van der Waals surface area contributed by atoms with Gasteiger partial charge in [-0.15, -0.1) is 10.2 Å². The summed E-state index contributed by atoms with van der Waals surface area (Å²) in [6.07, 6.45) is 0.704. The lowest BCUT2D eigenvalue weighted by molar-refractivity contribution is -0.125. The van der Waals surface area contributed by atoms with Gasteiger partial charge in [-0.05, 0) is 55.2 Å². The second-order valence-corrected chi connectivity index (χ2v) is 7.74. The molecule has 0 fully saturated rings. The number of hydrogen-bond donors (Lipinski definition) is 2. The molecule has 2 aromatic rings. The Kier molecular flexibility index (Phi) is 9.04. The molecule has 0 bridgehead atoms. The minimum atomic E-state index is -0.610. The van der Waals surface area contributed by atoms with E-state index in [0.717, 1.165) is 5.56 Å². The summed E-state index contributed by atoms with van der Waals surface area (Å²) >= 11 is 5.91. The zero-order valence-corrected chi connectivity index (χ0v) is 18.5. The van der Waals surface area contributed by atoms with Gasteiger partial charge >= 0.3 is 6.09 Å². The number of halogens is 1. The maximum absolute atomic E-state index is 12.8. The highest BCUT2D eigenvalue weighted by atomic mass is 35.5. The first-order valence-corrected chi connectivity index (χ1v) is 10.5. The van der Waals surface area contributed by atoms with Crippen LogP contribution < -0.4 is 10.6 Å². The van der Waals surface area contributed by atoms with Crippen molar-refractivity contribution in [3.8, 4) is 11.4 Å². The second kappa shape index (κ2) is 11.5. The number of alkyl carbamates (subject to hydrolysis) is 1. The van der Waals surface area contributed by atoms with Crippen LogP contribution in [0.1, 0.15) is 46.6 Å². The van der Waals surface area contributed by atoms with E-state index in [4.69, 9.17) is 16.3 Å². The predicted molar refractivity (Wildman–Crippen MR) is 114 cm³/mol. The number of nitrogens with one attached hydrogen (secondary N) is 2. The second-order valence-electron chi connectivity index (χ2n) is 7.30. The maximum atomic E-state index is 12.8. The Bertz CT molecular complexity index is 824. The fourth-order valence-corrected chi connectivity index (χ4v) is 3.09. The Balaban J connectivity index is 2.02. The maximum Gasteiger partial charge on any atom is 0.407 e. The third-order valence-electron chi connectivity index (χ3n) is 4.37. The monoisotopic (exact) mass is 436 g/mol. The van der Waals surface area contributed by atoms with Gasteiger partial charge in [0, 0.05) is 23.2 Å². The topological polar surface area (TPSA) is 111 Å². The highest BCUT2D eigenvalue weighted by Gasteiger charge is 2.23. The van der Waals surface area contributed by atoms with Crippen molar-refractivity contribution in [2.75, 3.05) is 13.2 Å². The van der Waals surface area contributed by atoms with Crippen LogP contribution >= 0.6 is 11.6 Å². The lowest BCUT2D eigenvalue weighted by atomic mass is 10.0. The molecule has 2 rings (SSSR count). The number of aromatic nitrogens is 4. The summed E-state index contributed by atoms with van der Waals surface area (Å²) in [7, 11) is 0. The Morgan fingerprint density at radius 1 is 1.20 bits per heavy atom. The van der Waals surface area contributed by atoms with Crippen molar-refractivity contribution in [2.45, 2.75) is 52.6 Å². The molecule has 2 amide bonds. The summed E-state index contributed by atoms with van der Waals surface area (Å²) in [6.45, 7) is 8.29. The molecule has 2 unspecified atom stereocenters. The van der Waals surface area contributed by atoms with Gasteiger partial charge in [-0.1, -0.05) is 32.4 Å². The molecule has 0 aliphatic carbocycles. The summed E-state index contributed by atoms with van der Waals surface area (Å²) in [4.78, 5) is 25.8. The van der Waals surface area contributed by atoms with Gasteiger partial charge in [0.1, 0.15) is 0 Å². The van der Waals surface area contributed by atoms with Crippen molar-refractivity contribution in [1.29, 1.82) is 0 Å². The normalized spacial score (nSPS) is 13.0. The summed E-state index contributed by atoms with van der Waals surface area (Å²) in [5, 5.41) is 18.7. The fraction of sp³-hybridized carbons (Fsp3) is 0.550. The molecule has 164 valence electrons.